The van der Waals surface area contributed by atoms with Gasteiger partial charge in [0.15, 0.2) is 6.10 Å². The topological polar surface area (TPSA) is 78.9 Å². The summed E-state index contributed by atoms with van der Waals surface area (Å²) in [4.78, 5) is 38.3. The van der Waals surface area contributed by atoms with E-state index in [-0.39, 0.29) is 31.1 Å². The molecule has 0 amide bonds. The average Bonchev–Trinajstić information content (AvgIpc) is 3.43. The molecule has 0 aliphatic carbocycles. The largest absolute Gasteiger partial charge is 0.462 e. The van der Waals surface area contributed by atoms with Crippen molar-refractivity contribution in [1.29, 1.82) is 0 Å². The van der Waals surface area contributed by atoms with E-state index in [0.29, 0.717) is 19.3 Å². The highest BCUT2D eigenvalue weighted by molar-refractivity contribution is 5.71. The molecule has 6 nitrogen and oxygen atoms in total. The number of esters is 3. The molecule has 77 heavy (non-hydrogen) atoms. The van der Waals surface area contributed by atoms with Crippen molar-refractivity contribution in [2.24, 2.45) is 0 Å². The van der Waals surface area contributed by atoms with Crippen molar-refractivity contribution < 1.29 is 28.6 Å². The summed E-state index contributed by atoms with van der Waals surface area (Å²) in [5, 5.41) is 0. The van der Waals surface area contributed by atoms with Gasteiger partial charge in [-0.2, -0.15) is 0 Å². The SMILES string of the molecule is CC/C=C\C/C=C\C/C=C\C/C=C\C/C=C\C/C=C\C/C=C\CCCCCC(=O)OCC(COC(=O)CCCCC/C=C\C/C=C\C/C=C\CC)OC(=O)CCCCCCCCCCC/C=C\CCCCCCCCCC. The van der Waals surface area contributed by atoms with Gasteiger partial charge in [0, 0.05) is 19.3 Å². The first kappa shape index (κ1) is 72.5. The van der Waals surface area contributed by atoms with Crippen LogP contribution in [0.1, 0.15) is 278 Å². The lowest BCUT2D eigenvalue weighted by atomic mass is 10.1. The number of carbonyl (C=O) groups excluding carboxylic acids is 3. The maximum Gasteiger partial charge on any atom is 0.306 e. The molecule has 6 heteroatoms. The maximum atomic E-state index is 12.9. The third kappa shape index (κ3) is 62.3. The lowest BCUT2D eigenvalue weighted by molar-refractivity contribution is -0.167. The van der Waals surface area contributed by atoms with E-state index in [2.05, 4.69) is 154 Å². The normalized spacial score (nSPS) is 13.0. The fraction of sp³-hybridized carbons (Fsp3) is 0.648. The second-order valence-electron chi connectivity index (χ2n) is 20.5. The van der Waals surface area contributed by atoms with Crippen LogP contribution in [0.2, 0.25) is 0 Å². The Labute approximate surface area is 475 Å². The Balaban J connectivity index is 4.44. The highest BCUT2D eigenvalue weighted by atomic mass is 16.6. The Morgan fingerprint density at radius 1 is 0.273 bits per heavy atom. The molecule has 1 unspecified atom stereocenters. The zero-order valence-electron chi connectivity index (χ0n) is 49.9. The van der Waals surface area contributed by atoms with Crippen molar-refractivity contribution in [2.45, 2.75) is 284 Å². The van der Waals surface area contributed by atoms with E-state index in [9.17, 15) is 14.4 Å². The maximum absolute atomic E-state index is 12.9. The summed E-state index contributed by atoms with van der Waals surface area (Å²) in [6.45, 7) is 6.36. The van der Waals surface area contributed by atoms with E-state index in [0.717, 1.165) is 135 Å². The van der Waals surface area contributed by atoms with Crippen molar-refractivity contribution in [3.63, 3.8) is 0 Å². The molecule has 0 aromatic heterocycles. The Hall–Kier alpha value is -4.45. The average molecular weight is 1070 g/mol. The van der Waals surface area contributed by atoms with Gasteiger partial charge in [-0.1, -0.05) is 257 Å². The van der Waals surface area contributed by atoms with Crippen LogP contribution in [-0.4, -0.2) is 37.2 Å². The second-order valence-corrected chi connectivity index (χ2v) is 20.5. The summed E-state index contributed by atoms with van der Waals surface area (Å²) in [5.41, 5.74) is 0. The molecule has 0 aromatic carbocycles. The van der Waals surface area contributed by atoms with Crippen LogP contribution in [0.3, 0.4) is 0 Å². The standard InChI is InChI=1S/C71H116O6/c1-4-7-10-13-16-19-22-25-27-29-31-33-34-35-36-38-39-41-43-46-49-52-55-58-61-64-70(73)76-67-68(66-75-69(72)63-60-57-54-51-48-45-24-21-18-15-12-9-6-3)77-71(74)65-62-59-56-53-50-47-44-42-40-37-32-30-28-26-23-20-17-14-11-8-5-2/h7,9-10,12,16,18-19,21,25,27,30-33,35-36,39,41,45-46,48-49,68H,4-6,8,11,13-15,17,20,22-24,26,28-29,34,37-38,40,42-44,47,50-67H2,1-3H3/b10-7-,12-9-,19-16-,21-18-,27-25-,32-30-,33-31-,36-35-,41-39-,48-45-,49-46-. The van der Waals surface area contributed by atoms with E-state index >= 15 is 0 Å². The van der Waals surface area contributed by atoms with Gasteiger partial charge in [0.05, 0.1) is 0 Å². The number of ether oxygens (including phenoxy) is 3. The number of allylic oxidation sites excluding steroid dienone is 22. The molecule has 0 spiro atoms. The number of hydrogen-bond donors (Lipinski definition) is 0. The first-order valence-corrected chi connectivity index (χ1v) is 31.7. The first-order valence-electron chi connectivity index (χ1n) is 31.7. The zero-order valence-corrected chi connectivity index (χ0v) is 49.9. The molecular weight excluding hydrogens is 949 g/mol. The van der Waals surface area contributed by atoms with Gasteiger partial charge in [-0.25, -0.2) is 0 Å². The molecule has 0 saturated carbocycles. The van der Waals surface area contributed by atoms with Gasteiger partial charge in [0.1, 0.15) is 13.2 Å². The van der Waals surface area contributed by atoms with E-state index in [1.807, 2.05) is 0 Å². The van der Waals surface area contributed by atoms with E-state index in [1.54, 1.807) is 0 Å². The molecule has 0 aromatic rings. The summed E-state index contributed by atoms with van der Waals surface area (Å²) in [7, 11) is 0. The van der Waals surface area contributed by atoms with Crippen LogP contribution in [0.5, 0.6) is 0 Å². The van der Waals surface area contributed by atoms with Crippen molar-refractivity contribution in [3.05, 3.63) is 134 Å². The van der Waals surface area contributed by atoms with Gasteiger partial charge in [-0.15, -0.1) is 0 Å². The highest BCUT2D eigenvalue weighted by Gasteiger charge is 2.19. The van der Waals surface area contributed by atoms with Crippen LogP contribution in [-0.2, 0) is 28.6 Å². The summed E-state index contributed by atoms with van der Waals surface area (Å²) < 4.78 is 16.9. The molecule has 436 valence electrons. The Kier molecular flexibility index (Phi) is 60.4. The number of rotatable bonds is 56. The van der Waals surface area contributed by atoms with Crippen molar-refractivity contribution in [1.82, 2.24) is 0 Å². The van der Waals surface area contributed by atoms with Crippen molar-refractivity contribution in [3.8, 4) is 0 Å². The van der Waals surface area contributed by atoms with Crippen LogP contribution >= 0.6 is 0 Å². The van der Waals surface area contributed by atoms with Gasteiger partial charge in [-0.05, 0) is 135 Å². The zero-order chi connectivity index (χ0) is 55.7. The molecule has 0 bridgehead atoms. The Morgan fingerprint density at radius 2 is 0.506 bits per heavy atom. The van der Waals surface area contributed by atoms with Gasteiger partial charge in [0.25, 0.3) is 0 Å². The van der Waals surface area contributed by atoms with Crippen molar-refractivity contribution >= 4 is 17.9 Å². The number of unbranched alkanes of at least 4 members (excludes halogenated alkanes) is 23. The summed E-state index contributed by atoms with van der Waals surface area (Å²) >= 11 is 0. The summed E-state index contributed by atoms with van der Waals surface area (Å²) in [5.74, 6) is -0.969. The number of carbonyl (C=O) groups is 3. The summed E-state index contributed by atoms with van der Waals surface area (Å²) in [6, 6.07) is 0. The minimum atomic E-state index is -0.811. The Bertz CT molecular complexity index is 1650. The van der Waals surface area contributed by atoms with Crippen LogP contribution in [0.25, 0.3) is 0 Å². The van der Waals surface area contributed by atoms with Crippen LogP contribution in [0, 0.1) is 0 Å². The minimum absolute atomic E-state index is 0.108. The minimum Gasteiger partial charge on any atom is -0.462 e. The lowest BCUT2D eigenvalue weighted by Crippen LogP contribution is -2.30. The fourth-order valence-electron chi connectivity index (χ4n) is 8.43. The summed E-state index contributed by atoms with van der Waals surface area (Å²) in [6.07, 6.45) is 90.3. The molecule has 0 heterocycles. The number of hydrogen-bond acceptors (Lipinski definition) is 6. The molecule has 0 aliphatic heterocycles. The quantitative estimate of drug-likeness (QED) is 0.0261. The fourth-order valence-corrected chi connectivity index (χ4v) is 8.43. The predicted molar refractivity (Wildman–Crippen MR) is 334 cm³/mol. The van der Waals surface area contributed by atoms with E-state index in [1.165, 1.54) is 103 Å². The predicted octanol–water partition coefficient (Wildman–Crippen LogP) is 21.8. The van der Waals surface area contributed by atoms with Crippen LogP contribution in [0.4, 0.5) is 0 Å². The van der Waals surface area contributed by atoms with Crippen LogP contribution < -0.4 is 0 Å². The molecule has 0 aliphatic rings. The van der Waals surface area contributed by atoms with Crippen LogP contribution in [0.15, 0.2) is 134 Å². The lowest BCUT2D eigenvalue weighted by Gasteiger charge is -2.18. The molecule has 0 N–H and O–H groups in total. The van der Waals surface area contributed by atoms with Crippen molar-refractivity contribution in [2.75, 3.05) is 13.2 Å². The molecule has 0 rings (SSSR count). The second kappa shape index (κ2) is 64.1. The monoisotopic (exact) mass is 1060 g/mol. The molecule has 1 atom stereocenters. The van der Waals surface area contributed by atoms with Gasteiger partial charge in [0.2, 0.25) is 0 Å². The van der Waals surface area contributed by atoms with Gasteiger partial charge < -0.3 is 14.2 Å². The highest BCUT2D eigenvalue weighted by Crippen LogP contribution is 2.15. The third-order valence-corrected chi connectivity index (χ3v) is 13.1. The smallest absolute Gasteiger partial charge is 0.306 e. The molecule has 0 radical (unpaired) electrons. The first-order chi connectivity index (χ1) is 38.0. The van der Waals surface area contributed by atoms with E-state index in [4.69, 9.17) is 14.2 Å². The Morgan fingerprint density at radius 3 is 0.818 bits per heavy atom. The molecule has 0 fully saturated rings. The third-order valence-electron chi connectivity index (χ3n) is 13.1. The van der Waals surface area contributed by atoms with Gasteiger partial charge in [-0.3, -0.25) is 14.4 Å². The van der Waals surface area contributed by atoms with E-state index < -0.39 is 6.10 Å². The van der Waals surface area contributed by atoms with Gasteiger partial charge >= 0.3 is 17.9 Å². The molecule has 0 saturated heterocycles. The molecular formula is C71H116O6.